The maximum Gasteiger partial charge on any atom is 0.513 e. The molecule has 0 amide bonds. The molecule has 1 aliphatic rings. The first-order valence-corrected chi connectivity index (χ1v) is 7.35. The average Bonchev–Trinajstić information content (AvgIpc) is 2.49. The average molecular weight is 303 g/mol. The molecule has 1 aliphatic heterocycles. The van der Waals surface area contributed by atoms with E-state index in [0.717, 1.165) is 18.7 Å². The van der Waals surface area contributed by atoms with E-state index in [1.165, 1.54) is 5.69 Å². The molecule has 2 heterocycles. The van der Waals surface area contributed by atoms with Crippen LogP contribution in [0.15, 0.2) is 48.7 Å². The molecule has 2 aromatic rings. The topological polar surface area (TPSA) is 34.6 Å². The third-order valence-corrected chi connectivity index (χ3v) is 3.60. The van der Waals surface area contributed by atoms with Crippen LogP contribution in [0.4, 0.5) is 5.69 Å². The molecular weight excluding hydrogens is 286 g/mol. The van der Waals surface area contributed by atoms with Crippen LogP contribution < -0.4 is 10.5 Å². The van der Waals surface area contributed by atoms with Gasteiger partial charge in [-0.1, -0.05) is 29.8 Å². The highest BCUT2D eigenvalue weighted by atomic mass is 35.5. The Labute approximate surface area is 129 Å². The summed E-state index contributed by atoms with van der Waals surface area (Å²) in [5.41, 5.74) is 1.94. The van der Waals surface area contributed by atoms with Crippen molar-refractivity contribution in [1.29, 1.82) is 0 Å². The van der Waals surface area contributed by atoms with Crippen molar-refractivity contribution in [1.82, 2.24) is 4.98 Å². The Bertz CT molecular complexity index is 558. The second kappa shape index (κ2) is 6.94. The van der Waals surface area contributed by atoms with Crippen LogP contribution >= 0.6 is 11.6 Å². The standard InChI is InChI=1S/C15H16BClN2O2/c17-13-6-7-15(18-12-13)16-20-10-8-19(9-11-21-16)14-4-2-1-3-5-14/h1-7,12H,8-11H2. The zero-order chi connectivity index (χ0) is 14.5. The Hall–Kier alpha value is -1.56. The van der Waals surface area contributed by atoms with Crippen LogP contribution in [-0.2, 0) is 9.31 Å². The highest BCUT2D eigenvalue weighted by molar-refractivity contribution is 6.60. The fraction of sp³-hybridized carbons (Fsp3) is 0.267. The normalized spacial score (nSPS) is 16.4. The van der Waals surface area contributed by atoms with E-state index in [2.05, 4.69) is 22.0 Å². The fourth-order valence-electron chi connectivity index (χ4n) is 2.29. The van der Waals surface area contributed by atoms with Crippen molar-refractivity contribution in [2.45, 2.75) is 0 Å². The van der Waals surface area contributed by atoms with E-state index in [9.17, 15) is 0 Å². The summed E-state index contributed by atoms with van der Waals surface area (Å²) < 4.78 is 11.6. The Balaban J connectivity index is 1.62. The maximum atomic E-state index is 5.85. The first kappa shape index (κ1) is 14.4. The number of halogens is 1. The number of para-hydroxylation sites is 1. The molecule has 3 rings (SSSR count). The van der Waals surface area contributed by atoms with Gasteiger partial charge < -0.3 is 14.2 Å². The minimum Gasteiger partial charge on any atom is -0.404 e. The third-order valence-electron chi connectivity index (χ3n) is 3.37. The summed E-state index contributed by atoms with van der Waals surface area (Å²) in [4.78, 5) is 6.51. The summed E-state index contributed by atoms with van der Waals surface area (Å²) in [5.74, 6) is 0. The van der Waals surface area contributed by atoms with Gasteiger partial charge in [-0.2, -0.15) is 0 Å². The van der Waals surface area contributed by atoms with Gasteiger partial charge in [-0.15, -0.1) is 0 Å². The molecule has 4 nitrogen and oxygen atoms in total. The lowest BCUT2D eigenvalue weighted by molar-refractivity contribution is 0.197. The summed E-state index contributed by atoms with van der Waals surface area (Å²) in [7, 11) is -0.416. The first-order valence-electron chi connectivity index (χ1n) is 6.97. The molecular formula is C15H16BClN2O2. The molecule has 108 valence electrons. The predicted octanol–water partition coefficient (Wildman–Crippen LogP) is 1.98. The van der Waals surface area contributed by atoms with Crippen LogP contribution in [0.5, 0.6) is 0 Å². The lowest BCUT2D eigenvalue weighted by atomic mass is 9.83. The Morgan fingerprint density at radius 1 is 1.00 bits per heavy atom. The Morgan fingerprint density at radius 3 is 2.33 bits per heavy atom. The van der Waals surface area contributed by atoms with Crippen LogP contribution in [0, 0.1) is 0 Å². The van der Waals surface area contributed by atoms with E-state index in [4.69, 9.17) is 20.9 Å². The third kappa shape index (κ3) is 3.76. The molecule has 0 unspecified atom stereocenters. The molecule has 1 aromatic carbocycles. The van der Waals surface area contributed by atoms with Crippen LogP contribution in [0.1, 0.15) is 0 Å². The summed E-state index contributed by atoms with van der Waals surface area (Å²) in [6, 6.07) is 13.9. The van der Waals surface area contributed by atoms with E-state index < -0.39 is 7.12 Å². The van der Waals surface area contributed by atoms with Crippen molar-refractivity contribution >= 4 is 30.0 Å². The minimum absolute atomic E-state index is 0.416. The molecule has 21 heavy (non-hydrogen) atoms. The molecule has 1 aromatic heterocycles. The van der Waals surface area contributed by atoms with Gasteiger partial charge in [0.1, 0.15) is 0 Å². The van der Waals surface area contributed by atoms with Crippen molar-refractivity contribution in [2.75, 3.05) is 31.2 Å². The van der Waals surface area contributed by atoms with Gasteiger partial charge in [-0.25, -0.2) is 0 Å². The van der Waals surface area contributed by atoms with Crippen molar-refractivity contribution in [2.24, 2.45) is 0 Å². The molecule has 0 aliphatic carbocycles. The lowest BCUT2D eigenvalue weighted by Gasteiger charge is -2.28. The molecule has 0 bridgehead atoms. The van der Waals surface area contributed by atoms with E-state index in [1.54, 1.807) is 12.3 Å². The van der Waals surface area contributed by atoms with Gasteiger partial charge in [-0.3, -0.25) is 4.98 Å². The van der Waals surface area contributed by atoms with Crippen LogP contribution in [-0.4, -0.2) is 38.4 Å². The van der Waals surface area contributed by atoms with Gasteiger partial charge in [0.25, 0.3) is 0 Å². The van der Waals surface area contributed by atoms with Gasteiger partial charge in [0.15, 0.2) is 0 Å². The molecule has 0 saturated carbocycles. The number of hydrogen-bond donors (Lipinski definition) is 0. The number of benzene rings is 1. The van der Waals surface area contributed by atoms with Crippen LogP contribution in [0.3, 0.4) is 0 Å². The van der Waals surface area contributed by atoms with E-state index >= 15 is 0 Å². The molecule has 0 radical (unpaired) electrons. The Kier molecular flexibility index (Phi) is 4.75. The number of aromatic nitrogens is 1. The lowest BCUT2D eigenvalue weighted by Crippen LogP contribution is -2.45. The molecule has 0 N–H and O–H groups in total. The molecule has 0 spiro atoms. The van der Waals surface area contributed by atoms with Crippen molar-refractivity contribution < 1.29 is 9.31 Å². The highest BCUT2D eigenvalue weighted by Crippen LogP contribution is 2.14. The van der Waals surface area contributed by atoms with Gasteiger partial charge in [0.05, 0.1) is 10.6 Å². The fourth-order valence-corrected chi connectivity index (χ4v) is 2.41. The Morgan fingerprint density at radius 2 is 1.71 bits per heavy atom. The number of rotatable bonds is 2. The SMILES string of the molecule is Clc1ccc(B2OCCN(c3ccccc3)CCO2)nc1. The van der Waals surface area contributed by atoms with E-state index in [-0.39, 0.29) is 0 Å². The van der Waals surface area contributed by atoms with Gasteiger partial charge in [-0.05, 0) is 24.3 Å². The van der Waals surface area contributed by atoms with Gasteiger partial charge >= 0.3 is 7.12 Å². The molecule has 0 atom stereocenters. The van der Waals surface area contributed by atoms with Gasteiger partial charge in [0.2, 0.25) is 0 Å². The summed E-state index contributed by atoms with van der Waals surface area (Å²) in [6.45, 7) is 2.84. The monoisotopic (exact) mass is 302 g/mol. The number of nitrogens with zero attached hydrogens (tertiary/aromatic N) is 2. The maximum absolute atomic E-state index is 5.85. The molecule has 6 heteroatoms. The number of anilines is 1. The van der Waals surface area contributed by atoms with Crippen LogP contribution in [0.2, 0.25) is 5.02 Å². The largest absolute Gasteiger partial charge is 0.513 e. The van der Waals surface area contributed by atoms with Crippen molar-refractivity contribution in [3.63, 3.8) is 0 Å². The second-order valence-corrected chi connectivity index (χ2v) is 5.23. The van der Waals surface area contributed by atoms with E-state index in [0.29, 0.717) is 18.2 Å². The summed E-state index contributed by atoms with van der Waals surface area (Å²) >= 11 is 5.85. The zero-order valence-corrected chi connectivity index (χ0v) is 12.4. The molecule has 1 saturated heterocycles. The highest BCUT2D eigenvalue weighted by Gasteiger charge is 2.25. The summed E-state index contributed by atoms with van der Waals surface area (Å²) in [6.07, 6.45) is 1.61. The van der Waals surface area contributed by atoms with Crippen LogP contribution in [0.25, 0.3) is 0 Å². The second-order valence-electron chi connectivity index (χ2n) is 4.80. The zero-order valence-electron chi connectivity index (χ0n) is 11.6. The van der Waals surface area contributed by atoms with Crippen molar-refractivity contribution in [3.8, 4) is 0 Å². The number of pyridine rings is 1. The molecule has 1 fully saturated rings. The number of hydrogen-bond acceptors (Lipinski definition) is 4. The first-order chi connectivity index (χ1) is 10.3. The van der Waals surface area contributed by atoms with Gasteiger partial charge in [0, 0.05) is 38.2 Å². The van der Waals surface area contributed by atoms with Crippen molar-refractivity contribution in [3.05, 3.63) is 53.7 Å². The summed E-state index contributed by atoms with van der Waals surface area (Å²) in [5, 5.41) is 0.611. The smallest absolute Gasteiger partial charge is 0.404 e. The predicted molar refractivity (Wildman–Crippen MR) is 85.2 cm³/mol. The quantitative estimate of drug-likeness (QED) is 0.795. The minimum atomic E-state index is -0.416. The van der Waals surface area contributed by atoms with E-state index in [1.807, 2.05) is 24.3 Å².